The van der Waals surface area contributed by atoms with E-state index in [9.17, 15) is 4.79 Å². The van der Waals surface area contributed by atoms with Crippen LogP contribution in [0.15, 0.2) is 6.07 Å². The largest absolute Gasteiger partial charge is 0.495 e. The van der Waals surface area contributed by atoms with Gasteiger partial charge in [0.2, 0.25) is 5.91 Å². The van der Waals surface area contributed by atoms with E-state index in [1.807, 2.05) is 13.0 Å². The van der Waals surface area contributed by atoms with Crippen LogP contribution in [-0.2, 0) is 17.8 Å². The third-order valence-electron chi connectivity index (χ3n) is 4.17. The van der Waals surface area contributed by atoms with Crippen LogP contribution >= 0.6 is 23.2 Å². The molecule has 1 amide bonds. The summed E-state index contributed by atoms with van der Waals surface area (Å²) >= 11 is 12.5. The number of aromatic nitrogens is 1. The van der Waals surface area contributed by atoms with Gasteiger partial charge in [-0.1, -0.05) is 23.2 Å². The third-order valence-corrected chi connectivity index (χ3v) is 5.02. The number of nitrogens with one attached hydrogen (secondary N) is 1. The number of carbonyl (C=O) groups excluding carboxylic acids is 1. The molecule has 1 aliphatic heterocycles. The van der Waals surface area contributed by atoms with Crippen LogP contribution in [0.4, 0.5) is 0 Å². The Hall–Kier alpha value is -1.43. The molecule has 0 saturated heterocycles. The van der Waals surface area contributed by atoms with Gasteiger partial charge in [0.15, 0.2) is 0 Å². The number of aliphatic hydroxyl groups excluding tert-OH is 1. The highest BCUT2D eigenvalue weighted by Gasteiger charge is 2.30. The minimum absolute atomic E-state index is 0.0105. The molecule has 2 aromatic rings. The Morgan fingerprint density at radius 2 is 2.23 bits per heavy atom. The van der Waals surface area contributed by atoms with Gasteiger partial charge in [-0.3, -0.25) is 4.79 Å². The van der Waals surface area contributed by atoms with Gasteiger partial charge in [-0.15, -0.1) is 0 Å². The van der Waals surface area contributed by atoms with Crippen LogP contribution in [0.3, 0.4) is 0 Å². The summed E-state index contributed by atoms with van der Waals surface area (Å²) in [5.41, 5.74) is 2.78. The minimum atomic E-state index is -0.488. The molecule has 0 saturated carbocycles. The molecule has 0 bridgehead atoms. The molecule has 22 heavy (non-hydrogen) atoms. The quantitative estimate of drug-likeness (QED) is 0.881. The average Bonchev–Trinajstić information content (AvgIpc) is 2.86. The molecule has 0 radical (unpaired) electrons. The number of carbonyl (C=O) groups is 1. The first-order valence-electron chi connectivity index (χ1n) is 6.93. The Morgan fingerprint density at radius 3 is 2.86 bits per heavy atom. The molecule has 2 heterocycles. The van der Waals surface area contributed by atoms with Crippen molar-refractivity contribution in [2.75, 3.05) is 13.7 Å². The van der Waals surface area contributed by atoms with Crippen molar-refractivity contribution in [3.05, 3.63) is 27.4 Å². The lowest BCUT2D eigenvalue weighted by molar-refractivity contribution is -0.137. The molecule has 2 N–H and O–H groups in total. The molecule has 0 fully saturated rings. The molecule has 1 aromatic heterocycles. The van der Waals surface area contributed by atoms with Gasteiger partial charge in [0.25, 0.3) is 0 Å². The van der Waals surface area contributed by atoms with E-state index in [1.165, 1.54) is 7.11 Å². The number of fused-ring (bicyclic) bond motifs is 3. The lowest BCUT2D eigenvalue weighted by Crippen LogP contribution is -2.43. The second-order valence-electron chi connectivity index (χ2n) is 5.44. The van der Waals surface area contributed by atoms with Crippen LogP contribution in [0.5, 0.6) is 5.75 Å². The van der Waals surface area contributed by atoms with Gasteiger partial charge < -0.3 is 19.7 Å². The zero-order chi connectivity index (χ0) is 16.0. The Balaban J connectivity index is 2.17. The maximum atomic E-state index is 11.9. The second-order valence-corrected chi connectivity index (χ2v) is 6.20. The monoisotopic (exact) mass is 342 g/mol. The fourth-order valence-electron chi connectivity index (χ4n) is 3.01. The number of hydrogen-bond acceptors (Lipinski definition) is 3. The summed E-state index contributed by atoms with van der Waals surface area (Å²) in [6, 6.07) is 1.84. The highest BCUT2D eigenvalue weighted by atomic mass is 35.5. The van der Waals surface area contributed by atoms with Gasteiger partial charge >= 0.3 is 0 Å². The third kappa shape index (κ3) is 2.24. The van der Waals surface area contributed by atoms with E-state index in [0.29, 0.717) is 28.8 Å². The van der Waals surface area contributed by atoms with Gasteiger partial charge in [-0.05, 0) is 13.0 Å². The van der Waals surface area contributed by atoms with E-state index in [-0.39, 0.29) is 11.9 Å². The minimum Gasteiger partial charge on any atom is -0.495 e. The van der Waals surface area contributed by atoms with Crippen molar-refractivity contribution in [1.82, 2.24) is 9.88 Å². The molecular formula is C15H16Cl2N2O3. The Labute approximate surface area is 137 Å². The van der Waals surface area contributed by atoms with Crippen molar-refractivity contribution in [2.45, 2.75) is 25.9 Å². The summed E-state index contributed by atoms with van der Waals surface area (Å²) in [6.45, 7) is 1.89. The molecule has 0 spiro atoms. The smallest absolute Gasteiger partial charge is 0.248 e. The average molecular weight is 343 g/mol. The van der Waals surface area contributed by atoms with Gasteiger partial charge in [0.1, 0.15) is 17.4 Å². The van der Waals surface area contributed by atoms with Gasteiger partial charge in [0.05, 0.1) is 17.6 Å². The van der Waals surface area contributed by atoms with Crippen molar-refractivity contribution in [1.29, 1.82) is 0 Å². The van der Waals surface area contributed by atoms with Crippen LogP contribution in [0.2, 0.25) is 10.0 Å². The molecule has 0 aliphatic carbocycles. The number of benzene rings is 1. The number of hydrogen-bond donors (Lipinski definition) is 2. The first-order chi connectivity index (χ1) is 10.5. The molecule has 1 atom stereocenters. The number of methoxy groups -OCH3 is 1. The van der Waals surface area contributed by atoms with E-state index in [2.05, 4.69) is 4.98 Å². The van der Waals surface area contributed by atoms with Crippen LogP contribution in [0.25, 0.3) is 10.9 Å². The maximum absolute atomic E-state index is 11.9. The Morgan fingerprint density at radius 1 is 1.50 bits per heavy atom. The van der Waals surface area contributed by atoms with Crippen LogP contribution in [0, 0.1) is 0 Å². The van der Waals surface area contributed by atoms with Crippen LogP contribution in [-0.4, -0.2) is 40.7 Å². The number of aliphatic hydroxyl groups is 1. The second kappa shape index (κ2) is 5.65. The predicted octanol–water partition coefficient (Wildman–Crippen LogP) is 2.75. The fraction of sp³-hybridized carbons (Fsp3) is 0.400. The van der Waals surface area contributed by atoms with Gasteiger partial charge in [0, 0.05) is 35.7 Å². The van der Waals surface area contributed by atoms with E-state index < -0.39 is 6.61 Å². The Kier molecular flexibility index (Phi) is 3.97. The lowest BCUT2D eigenvalue weighted by Gasteiger charge is -2.33. The SMILES string of the molecule is COc1cc2c3c([nH]c2c(Cl)c1Cl)C[C@@H](C)N(C(=O)CO)C3. The zero-order valence-corrected chi connectivity index (χ0v) is 13.8. The molecular weight excluding hydrogens is 327 g/mol. The standard InChI is InChI=1S/C15H16Cl2N2O3/c1-7-3-10-9(5-19(7)12(21)6-20)8-4-11(22-2)13(16)14(17)15(8)18-10/h4,7,18,20H,3,5-6H2,1-2H3/t7-/m1/s1. The number of aromatic amines is 1. The predicted molar refractivity (Wildman–Crippen MR) is 85.7 cm³/mol. The van der Waals surface area contributed by atoms with Gasteiger partial charge in [-0.25, -0.2) is 0 Å². The highest BCUT2D eigenvalue weighted by molar-refractivity contribution is 6.46. The fourth-order valence-corrected chi connectivity index (χ4v) is 3.48. The van der Waals surface area contributed by atoms with Crippen LogP contribution < -0.4 is 4.74 Å². The van der Waals surface area contributed by atoms with Crippen LogP contribution in [0.1, 0.15) is 18.2 Å². The molecule has 1 aliphatic rings. The number of halogens is 2. The highest BCUT2D eigenvalue weighted by Crippen LogP contribution is 2.41. The number of ether oxygens (including phenoxy) is 1. The normalized spacial score (nSPS) is 17.7. The van der Waals surface area contributed by atoms with E-state index in [1.54, 1.807) is 4.90 Å². The maximum Gasteiger partial charge on any atom is 0.248 e. The van der Waals surface area contributed by atoms with Crippen molar-refractivity contribution in [3.8, 4) is 5.75 Å². The zero-order valence-electron chi connectivity index (χ0n) is 12.2. The molecule has 3 rings (SSSR count). The van der Waals surface area contributed by atoms with E-state index in [0.717, 1.165) is 22.2 Å². The molecule has 0 unspecified atom stereocenters. The van der Waals surface area contributed by atoms with Gasteiger partial charge in [-0.2, -0.15) is 0 Å². The Bertz CT molecular complexity index is 757. The lowest BCUT2D eigenvalue weighted by atomic mass is 9.99. The van der Waals surface area contributed by atoms with Crippen molar-refractivity contribution in [3.63, 3.8) is 0 Å². The topological polar surface area (TPSA) is 65.6 Å². The van der Waals surface area contributed by atoms with Crippen molar-refractivity contribution in [2.24, 2.45) is 0 Å². The summed E-state index contributed by atoms with van der Waals surface area (Å²) in [4.78, 5) is 16.9. The molecule has 1 aromatic carbocycles. The number of H-pyrrole nitrogens is 1. The summed E-state index contributed by atoms with van der Waals surface area (Å²) in [5, 5.41) is 10.8. The summed E-state index contributed by atoms with van der Waals surface area (Å²) in [7, 11) is 1.53. The molecule has 5 nitrogen and oxygen atoms in total. The molecule has 7 heteroatoms. The summed E-state index contributed by atoms with van der Waals surface area (Å²) in [5.74, 6) is 0.221. The van der Waals surface area contributed by atoms with Crippen molar-refractivity contribution < 1.29 is 14.6 Å². The number of nitrogens with zero attached hydrogens (tertiary/aromatic N) is 1. The number of rotatable bonds is 2. The number of amides is 1. The first kappa shape index (κ1) is 15.5. The summed E-state index contributed by atoms with van der Waals surface area (Å²) < 4.78 is 5.26. The van der Waals surface area contributed by atoms with E-state index in [4.69, 9.17) is 33.0 Å². The first-order valence-corrected chi connectivity index (χ1v) is 7.69. The van der Waals surface area contributed by atoms with Crippen molar-refractivity contribution >= 4 is 40.0 Å². The molecule has 118 valence electrons. The summed E-state index contributed by atoms with van der Waals surface area (Å²) in [6.07, 6.45) is 0.673. The van der Waals surface area contributed by atoms with E-state index >= 15 is 0 Å².